The zero-order valence-electron chi connectivity index (χ0n) is 10.7. The van der Waals surface area contributed by atoms with Gasteiger partial charge >= 0.3 is 5.97 Å². The summed E-state index contributed by atoms with van der Waals surface area (Å²) in [7, 11) is 0. The Kier molecular flexibility index (Phi) is 5.82. The van der Waals surface area contributed by atoms with Gasteiger partial charge in [0.05, 0.1) is 0 Å². The van der Waals surface area contributed by atoms with Gasteiger partial charge in [-0.15, -0.1) is 0 Å². The van der Waals surface area contributed by atoms with Crippen LogP contribution in [0.25, 0.3) is 0 Å². The van der Waals surface area contributed by atoms with Crippen LogP contribution < -0.4 is 10.1 Å². The topological polar surface area (TPSA) is 75.6 Å². The number of ether oxygens (including phenoxy) is 1. The Morgan fingerprint density at radius 2 is 2.11 bits per heavy atom. The molecule has 0 spiro atoms. The van der Waals surface area contributed by atoms with Crippen LogP contribution >= 0.6 is 15.9 Å². The lowest BCUT2D eigenvalue weighted by molar-refractivity contribution is -0.143. The van der Waals surface area contributed by atoms with Gasteiger partial charge in [0.1, 0.15) is 11.8 Å². The highest BCUT2D eigenvalue weighted by molar-refractivity contribution is 9.10. The molecule has 0 aliphatic rings. The van der Waals surface area contributed by atoms with Crippen LogP contribution in [-0.2, 0) is 9.59 Å². The molecule has 5 nitrogen and oxygen atoms in total. The first-order valence-corrected chi connectivity index (χ1v) is 6.60. The van der Waals surface area contributed by atoms with E-state index in [1.807, 2.05) is 6.07 Å². The van der Waals surface area contributed by atoms with Gasteiger partial charge in [-0.2, -0.15) is 0 Å². The number of benzene rings is 1. The molecule has 1 aromatic rings. The van der Waals surface area contributed by atoms with Crippen LogP contribution in [0.2, 0.25) is 0 Å². The summed E-state index contributed by atoms with van der Waals surface area (Å²) in [5.41, 5.74) is 0. The van der Waals surface area contributed by atoms with Crippen molar-refractivity contribution in [1.82, 2.24) is 5.32 Å². The highest BCUT2D eigenvalue weighted by Gasteiger charge is 2.23. The number of aliphatic carboxylic acids is 1. The van der Waals surface area contributed by atoms with Crippen LogP contribution in [0, 0.1) is 5.92 Å². The summed E-state index contributed by atoms with van der Waals surface area (Å²) in [6.07, 6.45) is 0. The molecule has 19 heavy (non-hydrogen) atoms. The summed E-state index contributed by atoms with van der Waals surface area (Å²) in [5, 5.41) is 11.4. The molecule has 0 saturated carbocycles. The van der Waals surface area contributed by atoms with Crippen molar-refractivity contribution in [2.45, 2.75) is 19.9 Å². The van der Waals surface area contributed by atoms with Crippen LogP contribution in [0.5, 0.6) is 5.75 Å². The van der Waals surface area contributed by atoms with Crippen molar-refractivity contribution < 1.29 is 19.4 Å². The number of nitrogens with one attached hydrogen (secondary N) is 1. The quantitative estimate of drug-likeness (QED) is 0.837. The third-order valence-corrected chi connectivity index (χ3v) is 2.91. The number of halogens is 1. The van der Waals surface area contributed by atoms with Gasteiger partial charge in [-0.25, -0.2) is 4.79 Å². The van der Waals surface area contributed by atoms with Crippen molar-refractivity contribution in [2.24, 2.45) is 5.92 Å². The van der Waals surface area contributed by atoms with Gasteiger partial charge in [-0.1, -0.05) is 35.8 Å². The lowest BCUT2D eigenvalue weighted by Crippen LogP contribution is -2.46. The van der Waals surface area contributed by atoms with E-state index < -0.39 is 17.9 Å². The van der Waals surface area contributed by atoms with E-state index in [1.165, 1.54) is 0 Å². The standard InChI is InChI=1S/C13H16BrNO4/c1-8(2)12(13(17)18)15-11(16)7-19-10-5-3-4-9(14)6-10/h3-6,8,12H,7H2,1-2H3,(H,15,16)(H,17,18). The average molecular weight is 330 g/mol. The second-order valence-electron chi connectivity index (χ2n) is 4.37. The van der Waals surface area contributed by atoms with Crippen LogP contribution in [-0.4, -0.2) is 29.6 Å². The van der Waals surface area contributed by atoms with Crippen LogP contribution in [0.3, 0.4) is 0 Å². The highest BCUT2D eigenvalue weighted by Crippen LogP contribution is 2.17. The number of rotatable bonds is 6. The third kappa shape index (κ3) is 5.30. The van der Waals surface area contributed by atoms with E-state index in [0.717, 1.165) is 4.47 Å². The molecule has 0 aliphatic carbocycles. The van der Waals surface area contributed by atoms with E-state index in [0.29, 0.717) is 5.75 Å². The van der Waals surface area contributed by atoms with E-state index in [-0.39, 0.29) is 12.5 Å². The zero-order chi connectivity index (χ0) is 14.4. The van der Waals surface area contributed by atoms with E-state index in [1.54, 1.807) is 32.0 Å². The molecular weight excluding hydrogens is 314 g/mol. The number of hydrogen-bond donors (Lipinski definition) is 2. The number of carboxylic acids is 1. The molecule has 2 N–H and O–H groups in total. The SMILES string of the molecule is CC(C)C(NC(=O)COc1cccc(Br)c1)C(=O)O. The molecule has 0 aliphatic heterocycles. The average Bonchev–Trinajstić information content (AvgIpc) is 2.32. The maximum Gasteiger partial charge on any atom is 0.326 e. The summed E-state index contributed by atoms with van der Waals surface area (Å²) in [6.45, 7) is 3.25. The third-order valence-electron chi connectivity index (χ3n) is 2.42. The predicted molar refractivity (Wildman–Crippen MR) is 74.0 cm³/mol. The fourth-order valence-corrected chi connectivity index (χ4v) is 1.81. The van der Waals surface area contributed by atoms with E-state index in [9.17, 15) is 9.59 Å². The molecule has 1 rings (SSSR count). The molecule has 0 saturated heterocycles. The van der Waals surface area contributed by atoms with Gasteiger partial charge in [0.15, 0.2) is 6.61 Å². The largest absolute Gasteiger partial charge is 0.484 e. The predicted octanol–water partition coefficient (Wildman–Crippen LogP) is 2.05. The Bertz CT molecular complexity index is 462. The smallest absolute Gasteiger partial charge is 0.326 e. The number of hydrogen-bond acceptors (Lipinski definition) is 3. The van der Waals surface area contributed by atoms with Gasteiger partial charge in [0, 0.05) is 4.47 Å². The normalized spacial score (nSPS) is 12.0. The molecule has 6 heteroatoms. The maximum absolute atomic E-state index is 11.6. The summed E-state index contributed by atoms with van der Waals surface area (Å²) in [4.78, 5) is 22.5. The fraction of sp³-hybridized carbons (Fsp3) is 0.385. The number of carboxylic acid groups (broad SMARTS) is 1. The van der Waals surface area contributed by atoms with Crippen LogP contribution in [0.4, 0.5) is 0 Å². The van der Waals surface area contributed by atoms with Crippen LogP contribution in [0.15, 0.2) is 28.7 Å². The Hall–Kier alpha value is -1.56. The summed E-state index contributed by atoms with van der Waals surface area (Å²) in [5.74, 6) is -1.15. The van der Waals surface area contributed by atoms with E-state index in [2.05, 4.69) is 21.2 Å². The molecule has 0 fully saturated rings. The molecule has 0 bridgehead atoms. The van der Waals surface area contributed by atoms with Gasteiger partial charge in [0.2, 0.25) is 0 Å². The van der Waals surface area contributed by atoms with Crippen molar-refractivity contribution in [3.63, 3.8) is 0 Å². The minimum absolute atomic E-state index is 0.188. The highest BCUT2D eigenvalue weighted by atomic mass is 79.9. The van der Waals surface area contributed by atoms with Crippen LogP contribution in [0.1, 0.15) is 13.8 Å². The van der Waals surface area contributed by atoms with Gasteiger partial charge in [-0.3, -0.25) is 4.79 Å². The molecule has 1 aromatic carbocycles. The lowest BCUT2D eigenvalue weighted by atomic mass is 10.1. The Labute approximate surface area is 120 Å². The second kappa shape index (κ2) is 7.13. The second-order valence-corrected chi connectivity index (χ2v) is 5.29. The fourth-order valence-electron chi connectivity index (χ4n) is 1.43. The molecule has 0 radical (unpaired) electrons. The molecular formula is C13H16BrNO4. The zero-order valence-corrected chi connectivity index (χ0v) is 12.3. The molecule has 1 amide bonds. The first-order chi connectivity index (χ1) is 8.90. The van der Waals surface area contributed by atoms with Crippen molar-refractivity contribution in [2.75, 3.05) is 6.61 Å². The minimum Gasteiger partial charge on any atom is -0.484 e. The van der Waals surface area contributed by atoms with Gasteiger partial charge < -0.3 is 15.2 Å². The first kappa shape index (κ1) is 15.5. The summed E-state index contributed by atoms with van der Waals surface area (Å²) >= 11 is 3.29. The molecule has 1 atom stereocenters. The number of amides is 1. The van der Waals surface area contributed by atoms with Crippen molar-refractivity contribution >= 4 is 27.8 Å². The molecule has 104 valence electrons. The Morgan fingerprint density at radius 1 is 1.42 bits per heavy atom. The van der Waals surface area contributed by atoms with Crippen molar-refractivity contribution in [1.29, 1.82) is 0 Å². The molecule has 0 heterocycles. The lowest BCUT2D eigenvalue weighted by Gasteiger charge is -2.17. The minimum atomic E-state index is -1.05. The van der Waals surface area contributed by atoms with E-state index in [4.69, 9.17) is 9.84 Å². The Balaban J connectivity index is 2.49. The van der Waals surface area contributed by atoms with Gasteiger partial charge in [-0.05, 0) is 24.1 Å². The summed E-state index contributed by atoms with van der Waals surface area (Å²) < 4.78 is 6.12. The Morgan fingerprint density at radius 3 is 2.63 bits per heavy atom. The molecule has 1 unspecified atom stereocenters. The number of carbonyl (C=O) groups excluding carboxylic acids is 1. The maximum atomic E-state index is 11.6. The monoisotopic (exact) mass is 329 g/mol. The van der Waals surface area contributed by atoms with E-state index >= 15 is 0 Å². The number of carbonyl (C=O) groups is 2. The van der Waals surface area contributed by atoms with Crippen molar-refractivity contribution in [3.8, 4) is 5.75 Å². The van der Waals surface area contributed by atoms with Gasteiger partial charge in [0.25, 0.3) is 5.91 Å². The molecule has 0 aromatic heterocycles. The summed E-state index contributed by atoms with van der Waals surface area (Å²) in [6, 6.07) is 6.16. The van der Waals surface area contributed by atoms with Crippen molar-refractivity contribution in [3.05, 3.63) is 28.7 Å². The first-order valence-electron chi connectivity index (χ1n) is 5.80.